The Morgan fingerprint density at radius 1 is 0.906 bits per heavy atom. The van der Waals surface area contributed by atoms with Gasteiger partial charge in [-0.3, -0.25) is 0 Å². The highest BCUT2D eigenvalue weighted by Gasteiger charge is 2.22. The van der Waals surface area contributed by atoms with Crippen LogP contribution in [0.25, 0.3) is 11.3 Å². The highest BCUT2D eigenvalue weighted by atomic mass is 16.5. The lowest BCUT2D eigenvalue weighted by Crippen LogP contribution is -2.50. The number of hydrogen-bond donors (Lipinski definition) is 1. The van der Waals surface area contributed by atoms with Crippen molar-refractivity contribution in [2.45, 2.75) is 6.92 Å². The lowest BCUT2D eigenvalue weighted by molar-refractivity contribution is 0.208. The van der Waals surface area contributed by atoms with Gasteiger partial charge in [-0.15, -0.1) is 10.2 Å². The first kappa shape index (κ1) is 21.4. The summed E-state index contributed by atoms with van der Waals surface area (Å²) >= 11 is 0. The molecular weight excluding hydrogens is 406 g/mol. The van der Waals surface area contributed by atoms with E-state index in [9.17, 15) is 4.79 Å². The van der Waals surface area contributed by atoms with Crippen molar-refractivity contribution < 1.29 is 14.3 Å². The van der Waals surface area contributed by atoms with Gasteiger partial charge in [-0.2, -0.15) is 0 Å². The van der Waals surface area contributed by atoms with Crippen LogP contribution in [0.15, 0.2) is 54.6 Å². The fourth-order valence-electron chi connectivity index (χ4n) is 3.72. The van der Waals surface area contributed by atoms with Crippen molar-refractivity contribution in [3.63, 3.8) is 0 Å². The Bertz CT molecular complexity index is 1060. The van der Waals surface area contributed by atoms with E-state index in [0.29, 0.717) is 43.4 Å². The number of piperazine rings is 1. The SMILES string of the molecule is COc1cc(NC(=O)N2CCN(c3ccc(-c4ccccc4C)nn3)CC2)cc(OC)c1. The molecule has 3 aromatic rings. The number of ether oxygens (including phenoxy) is 2. The van der Waals surface area contributed by atoms with Gasteiger partial charge in [0.05, 0.1) is 19.9 Å². The molecule has 1 aliphatic rings. The van der Waals surface area contributed by atoms with Gasteiger partial charge < -0.3 is 24.6 Å². The van der Waals surface area contributed by atoms with Crippen LogP contribution in [0.5, 0.6) is 11.5 Å². The molecule has 32 heavy (non-hydrogen) atoms. The Hall–Kier alpha value is -3.81. The zero-order valence-electron chi connectivity index (χ0n) is 18.5. The van der Waals surface area contributed by atoms with Crippen LogP contribution in [-0.2, 0) is 0 Å². The maximum Gasteiger partial charge on any atom is 0.321 e. The number of benzene rings is 2. The molecule has 8 nitrogen and oxygen atoms in total. The van der Waals surface area contributed by atoms with E-state index in [0.717, 1.165) is 17.1 Å². The third-order valence-electron chi connectivity index (χ3n) is 5.57. The van der Waals surface area contributed by atoms with E-state index >= 15 is 0 Å². The van der Waals surface area contributed by atoms with E-state index in [1.807, 2.05) is 30.3 Å². The number of nitrogens with one attached hydrogen (secondary N) is 1. The second-order valence-corrected chi connectivity index (χ2v) is 7.60. The Labute approximate surface area is 187 Å². The zero-order chi connectivity index (χ0) is 22.5. The highest BCUT2D eigenvalue weighted by Crippen LogP contribution is 2.26. The van der Waals surface area contributed by atoms with Crippen LogP contribution >= 0.6 is 0 Å². The van der Waals surface area contributed by atoms with Crippen LogP contribution in [0.2, 0.25) is 0 Å². The predicted octanol–water partition coefficient (Wildman–Crippen LogP) is 3.82. The van der Waals surface area contributed by atoms with Crippen molar-refractivity contribution in [1.82, 2.24) is 15.1 Å². The Morgan fingerprint density at radius 2 is 1.59 bits per heavy atom. The van der Waals surface area contributed by atoms with Gasteiger partial charge in [0.1, 0.15) is 11.5 Å². The summed E-state index contributed by atoms with van der Waals surface area (Å²) in [5, 5.41) is 11.8. The molecule has 0 radical (unpaired) electrons. The van der Waals surface area contributed by atoms with Crippen LogP contribution in [0, 0.1) is 6.92 Å². The second kappa shape index (κ2) is 9.55. The number of hydrogen-bond acceptors (Lipinski definition) is 6. The van der Waals surface area contributed by atoms with E-state index in [4.69, 9.17) is 9.47 Å². The van der Waals surface area contributed by atoms with E-state index in [-0.39, 0.29) is 6.03 Å². The lowest BCUT2D eigenvalue weighted by atomic mass is 10.1. The smallest absolute Gasteiger partial charge is 0.321 e. The van der Waals surface area contributed by atoms with Crippen molar-refractivity contribution >= 4 is 17.5 Å². The first-order valence-corrected chi connectivity index (χ1v) is 10.5. The van der Waals surface area contributed by atoms with Crippen molar-refractivity contribution in [2.75, 3.05) is 50.6 Å². The Morgan fingerprint density at radius 3 is 2.19 bits per heavy atom. The number of methoxy groups -OCH3 is 2. The van der Waals surface area contributed by atoms with Crippen LogP contribution in [0.1, 0.15) is 5.56 Å². The highest BCUT2D eigenvalue weighted by molar-refractivity contribution is 5.90. The average Bonchev–Trinajstić information content (AvgIpc) is 2.84. The molecule has 166 valence electrons. The molecule has 1 saturated heterocycles. The van der Waals surface area contributed by atoms with Crippen molar-refractivity contribution in [3.8, 4) is 22.8 Å². The minimum Gasteiger partial charge on any atom is -0.497 e. The average molecular weight is 434 g/mol. The monoisotopic (exact) mass is 433 g/mol. The fourth-order valence-corrected chi connectivity index (χ4v) is 3.72. The topological polar surface area (TPSA) is 79.8 Å². The summed E-state index contributed by atoms with van der Waals surface area (Å²) in [4.78, 5) is 16.7. The van der Waals surface area contributed by atoms with Crippen molar-refractivity contribution in [2.24, 2.45) is 0 Å². The summed E-state index contributed by atoms with van der Waals surface area (Å²) in [6.07, 6.45) is 0. The van der Waals surface area contributed by atoms with Gasteiger partial charge in [-0.25, -0.2) is 4.79 Å². The lowest BCUT2D eigenvalue weighted by Gasteiger charge is -2.35. The molecule has 8 heteroatoms. The number of anilines is 2. The van der Waals surface area contributed by atoms with Gasteiger partial charge in [0.15, 0.2) is 5.82 Å². The maximum atomic E-state index is 12.7. The predicted molar refractivity (Wildman–Crippen MR) is 125 cm³/mol. The van der Waals surface area contributed by atoms with Gasteiger partial charge in [-0.05, 0) is 24.6 Å². The molecule has 0 aliphatic carbocycles. The van der Waals surface area contributed by atoms with Crippen molar-refractivity contribution in [3.05, 3.63) is 60.2 Å². The minimum atomic E-state index is -0.152. The third-order valence-corrected chi connectivity index (χ3v) is 5.57. The molecule has 0 spiro atoms. The third kappa shape index (κ3) is 4.74. The first-order valence-electron chi connectivity index (χ1n) is 10.5. The Balaban J connectivity index is 1.36. The van der Waals surface area contributed by atoms with Crippen molar-refractivity contribution in [1.29, 1.82) is 0 Å². The number of carbonyl (C=O) groups is 1. The molecule has 2 aromatic carbocycles. The quantitative estimate of drug-likeness (QED) is 0.659. The van der Waals surface area contributed by atoms with Gasteiger partial charge in [0.2, 0.25) is 0 Å². The number of amides is 2. The summed E-state index contributed by atoms with van der Waals surface area (Å²) in [6.45, 7) is 4.62. The van der Waals surface area contributed by atoms with Crippen LogP contribution in [0.3, 0.4) is 0 Å². The van der Waals surface area contributed by atoms with E-state index in [2.05, 4.69) is 33.4 Å². The van der Waals surface area contributed by atoms with E-state index in [1.54, 1.807) is 37.3 Å². The number of aromatic nitrogens is 2. The van der Waals surface area contributed by atoms with Crippen LogP contribution in [-0.4, -0.2) is 61.5 Å². The van der Waals surface area contributed by atoms with Gasteiger partial charge in [0.25, 0.3) is 0 Å². The standard InChI is InChI=1S/C24H27N5O3/c1-17-6-4-5-7-21(17)22-8-9-23(27-26-22)28-10-12-29(13-11-28)24(30)25-18-14-19(31-2)16-20(15-18)32-3/h4-9,14-16H,10-13H2,1-3H3,(H,25,30). The van der Waals surface area contributed by atoms with Gasteiger partial charge >= 0.3 is 6.03 Å². The molecule has 0 unspecified atom stereocenters. The number of aryl methyl sites for hydroxylation is 1. The van der Waals surface area contributed by atoms with E-state index in [1.165, 1.54) is 5.56 Å². The van der Waals surface area contributed by atoms with Crippen LogP contribution < -0.4 is 19.7 Å². The molecule has 0 saturated carbocycles. The molecule has 2 heterocycles. The summed E-state index contributed by atoms with van der Waals surface area (Å²) in [6, 6.07) is 17.3. The molecule has 0 bridgehead atoms. The van der Waals surface area contributed by atoms with Gasteiger partial charge in [0, 0.05) is 55.6 Å². The fraction of sp³-hybridized carbons (Fsp3) is 0.292. The zero-order valence-corrected chi connectivity index (χ0v) is 18.5. The molecule has 1 aromatic heterocycles. The summed E-state index contributed by atoms with van der Waals surface area (Å²) in [7, 11) is 3.16. The largest absolute Gasteiger partial charge is 0.497 e. The molecular formula is C24H27N5O3. The molecule has 4 rings (SSSR count). The molecule has 2 amide bonds. The number of nitrogens with zero attached hydrogens (tertiary/aromatic N) is 4. The summed E-state index contributed by atoms with van der Waals surface area (Å²) in [5.74, 6) is 2.06. The van der Waals surface area contributed by atoms with E-state index < -0.39 is 0 Å². The maximum absolute atomic E-state index is 12.7. The Kier molecular flexibility index (Phi) is 6.39. The number of carbonyl (C=O) groups excluding carboxylic acids is 1. The molecule has 1 aliphatic heterocycles. The van der Waals surface area contributed by atoms with Gasteiger partial charge in [-0.1, -0.05) is 24.3 Å². The first-order chi connectivity index (χ1) is 15.6. The minimum absolute atomic E-state index is 0.152. The summed E-state index contributed by atoms with van der Waals surface area (Å²) in [5.41, 5.74) is 3.75. The molecule has 1 N–H and O–H groups in total. The normalized spacial score (nSPS) is 13.6. The molecule has 0 atom stereocenters. The number of urea groups is 1. The van der Waals surface area contributed by atoms with Crippen LogP contribution in [0.4, 0.5) is 16.3 Å². The molecule has 1 fully saturated rings. The second-order valence-electron chi connectivity index (χ2n) is 7.60. The summed E-state index contributed by atoms with van der Waals surface area (Å²) < 4.78 is 10.5. The number of rotatable bonds is 5.